The second kappa shape index (κ2) is 13.0. The van der Waals surface area contributed by atoms with Gasteiger partial charge in [-0.2, -0.15) is 0 Å². The van der Waals surface area contributed by atoms with Gasteiger partial charge >= 0.3 is 0 Å². The Hall–Kier alpha value is -1.31. The molecule has 4 nitrogen and oxygen atoms in total. The van der Waals surface area contributed by atoms with Gasteiger partial charge in [-0.05, 0) is 25.2 Å². The van der Waals surface area contributed by atoms with Crippen LogP contribution < -0.4 is 0 Å². The Morgan fingerprint density at radius 3 is 2.68 bits per heavy atom. The maximum atomic E-state index is 12.1. The molecule has 1 heterocycles. The van der Waals surface area contributed by atoms with Gasteiger partial charge in [-0.15, -0.1) is 11.8 Å². The molecule has 1 aliphatic heterocycles. The van der Waals surface area contributed by atoms with Gasteiger partial charge in [-0.25, -0.2) is 0 Å². The van der Waals surface area contributed by atoms with E-state index >= 15 is 0 Å². The molecule has 1 fully saturated rings. The number of unbranched alkanes of at least 4 members (excludes halogenated alkanes) is 4. The minimum atomic E-state index is -0.512. The highest BCUT2D eigenvalue weighted by molar-refractivity contribution is 5.79. The summed E-state index contributed by atoms with van der Waals surface area (Å²) < 4.78 is 0. The summed E-state index contributed by atoms with van der Waals surface area (Å²) in [6.45, 7) is 5.08. The average molecular weight is 350 g/mol. The molecule has 0 aliphatic carbocycles. The van der Waals surface area contributed by atoms with Crippen LogP contribution in [0.1, 0.15) is 71.6 Å². The van der Waals surface area contributed by atoms with Crippen molar-refractivity contribution in [2.45, 2.75) is 83.8 Å². The number of likely N-dealkylation sites (tertiary alicyclic amines) is 1. The summed E-state index contributed by atoms with van der Waals surface area (Å²) in [4.78, 5) is 14.0. The number of rotatable bonds is 11. The molecule has 142 valence electrons. The lowest BCUT2D eigenvalue weighted by molar-refractivity contribution is -0.128. The fourth-order valence-electron chi connectivity index (χ4n) is 3.08. The Morgan fingerprint density at radius 2 is 1.96 bits per heavy atom. The molecule has 1 amide bonds. The third-order valence-electron chi connectivity index (χ3n) is 4.77. The maximum Gasteiger partial charge on any atom is 0.223 e. The zero-order chi connectivity index (χ0) is 18.5. The van der Waals surface area contributed by atoms with E-state index in [1.807, 2.05) is 30.9 Å². The smallest absolute Gasteiger partial charge is 0.223 e. The molecule has 0 radical (unpaired) electrons. The number of aliphatic hydroxyl groups is 2. The minimum Gasteiger partial charge on any atom is -0.396 e. The highest BCUT2D eigenvalue weighted by atomic mass is 16.3. The standard InChI is InChI=1S/C21H35NO3/c1-3-4-8-11-18(2)20(24)14-12-19-13-15-21(25)22(19)16-9-6-5-7-10-17-23/h12,14,18-20,23-24H,3,5-7,9-11,13,15-17H2,1-2H3/t18-,19?,20+/m0/s1. The zero-order valence-electron chi connectivity index (χ0n) is 15.9. The van der Waals surface area contributed by atoms with Crippen molar-refractivity contribution in [2.24, 2.45) is 5.92 Å². The Morgan fingerprint density at radius 1 is 1.24 bits per heavy atom. The molecular weight excluding hydrogens is 314 g/mol. The van der Waals surface area contributed by atoms with Crippen LogP contribution in [-0.4, -0.2) is 46.3 Å². The molecule has 1 saturated heterocycles. The van der Waals surface area contributed by atoms with Gasteiger partial charge < -0.3 is 15.1 Å². The molecule has 3 atom stereocenters. The molecule has 0 aromatic heterocycles. The molecule has 1 aliphatic rings. The summed E-state index contributed by atoms with van der Waals surface area (Å²) in [5.41, 5.74) is 0. The fraction of sp³-hybridized carbons (Fsp3) is 0.762. The number of aliphatic hydroxyl groups excluding tert-OH is 2. The largest absolute Gasteiger partial charge is 0.396 e. The number of nitrogens with zero attached hydrogens (tertiary/aromatic N) is 1. The molecule has 1 unspecified atom stereocenters. The first-order valence-electron chi connectivity index (χ1n) is 9.82. The van der Waals surface area contributed by atoms with Crippen LogP contribution in [0.3, 0.4) is 0 Å². The van der Waals surface area contributed by atoms with Crippen molar-refractivity contribution in [1.29, 1.82) is 0 Å². The van der Waals surface area contributed by atoms with Gasteiger partial charge in [0.2, 0.25) is 5.91 Å². The molecule has 0 aromatic rings. The zero-order valence-corrected chi connectivity index (χ0v) is 15.9. The monoisotopic (exact) mass is 349 g/mol. The second-order valence-corrected chi connectivity index (χ2v) is 6.95. The van der Waals surface area contributed by atoms with Crippen molar-refractivity contribution >= 4 is 5.91 Å². The number of amides is 1. The Balaban J connectivity index is 2.40. The summed E-state index contributed by atoms with van der Waals surface area (Å²) in [5, 5.41) is 19.0. The summed E-state index contributed by atoms with van der Waals surface area (Å²) in [6.07, 6.45) is 11.5. The van der Waals surface area contributed by atoms with E-state index in [1.165, 1.54) is 0 Å². The average Bonchev–Trinajstić information content (AvgIpc) is 2.96. The summed E-state index contributed by atoms with van der Waals surface area (Å²) >= 11 is 0. The Labute approximate surface area is 153 Å². The van der Waals surface area contributed by atoms with E-state index in [0.717, 1.165) is 51.5 Å². The van der Waals surface area contributed by atoms with E-state index in [4.69, 9.17) is 5.11 Å². The van der Waals surface area contributed by atoms with Crippen LogP contribution in [0.4, 0.5) is 0 Å². The van der Waals surface area contributed by atoms with Crippen LogP contribution in [0.2, 0.25) is 0 Å². The third kappa shape index (κ3) is 8.56. The summed E-state index contributed by atoms with van der Waals surface area (Å²) in [7, 11) is 0. The molecule has 1 rings (SSSR count). The quantitative estimate of drug-likeness (QED) is 0.342. The lowest BCUT2D eigenvalue weighted by Crippen LogP contribution is -2.33. The van der Waals surface area contributed by atoms with E-state index < -0.39 is 6.10 Å². The van der Waals surface area contributed by atoms with Gasteiger partial charge in [-0.3, -0.25) is 4.79 Å². The predicted octanol–water partition coefficient (Wildman–Crippen LogP) is 3.28. The van der Waals surface area contributed by atoms with E-state index in [0.29, 0.717) is 12.8 Å². The SMILES string of the molecule is CCC#CC[C@H](C)[C@H](O)C=CC1CCC(=O)N1CCCCCCCO. The lowest BCUT2D eigenvalue weighted by atomic mass is 10.00. The van der Waals surface area contributed by atoms with Crippen molar-refractivity contribution in [3.8, 4) is 11.8 Å². The fourth-order valence-corrected chi connectivity index (χ4v) is 3.08. The molecule has 0 spiro atoms. The van der Waals surface area contributed by atoms with Gasteiger partial charge in [0.05, 0.1) is 12.1 Å². The van der Waals surface area contributed by atoms with Crippen molar-refractivity contribution < 1.29 is 15.0 Å². The number of carbonyl (C=O) groups is 1. The number of carbonyl (C=O) groups excluding carboxylic acids is 1. The molecule has 0 bridgehead atoms. The number of hydrogen-bond acceptors (Lipinski definition) is 3. The summed E-state index contributed by atoms with van der Waals surface area (Å²) in [6, 6.07) is 0.119. The molecule has 0 aromatic carbocycles. The highest BCUT2D eigenvalue weighted by Crippen LogP contribution is 2.21. The first-order valence-corrected chi connectivity index (χ1v) is 9.82. The van der Waals surface area contributed by atoms with Crippen LogP contribution in [0.25, 0.3) is 0 Å². The van der Waals surface area contributed by atoms with E-state index in [2.05, 4.69) is 11.8 Å². The van der Waals surface area contributed by atoms with Gasteiger partial charge in [0.15, 0.2) is 0 Å². The minimum absolute atomic E-state index is 0.104. The summed E-state index contributed by atoms with van der Waals surface area (Å²) in [5.74, 6) is 6.45. The highest BCUT2D eigenvalue weighted by Gasteiger charge is 2.28. The van der Waals surface area contributed by atoms with E-state index in [9.17, 15) is 9.90 Å². The first-order chi connectivity index (χ1) is 12.1. The van der Waals surface area contributed by atoms with Crippen LogP contribution in [-0.2, 0) is 4.79 Å². The normalized spacial score (nSPS) is 19.9. The van der Waals surface area contributed by atoms with Crippen LogP contribution in [0.15, 0.2) is 12.2 Å². The molecule has 4 heteroatoms. The van der Waals surface area contributed by atoms with Gasteiger partial charge in [0.1, 0.15) is 0 Å². The first kappa shape index (κ1) is 21.7. The van der Waals surface area contributed by atoms with Crippen molar-refractivity contribution in [1.82, 2.24) is 4.90 Å². The van der Waals surface area contributed by atoms with E-state index in [-0.39, 0.29) is 24.5 Å². The van der Waals surface area contributed by atoms with Gasteiger partial charge in [0, 0.05) is 32.4 Å². The molecule has 2 N–H and O–H groups in total. The lowest BCUT2D eigenvalue weighted by Gasteiger charge is -2.23. The molecule has 25 heavy (non-hydrogen) atoms. The van der Waals surface area contributed by atoms with Crippen LogP contribution >= 0.6 is 0 Å². The molecular formula is C21H35NO3. The topological polar surface area (TPSA) is 60.8 Å². The van der Waals surface area contributed by atoms with Crippen molar-refractivity contribution in [2.75, 3.05) is 13.2 Å². The molecule has 0 saturated carbocycles. The van der Waals surface area contributed by atoms with Crippen LogP contribution in [0.5, 0.6) is 0 Å². The van der Waals surface area contributed by atoms with Crippen molar-refractivity contribution in [3.63, 3.8) is 0 Å². The van der Waals surface area contributed by atoms with Gasteiger partial charge in [-0.1, -0.05) is 45.3 Å². The Bertz CT molecular complexity index is 463. The third-order valence-corrected chi connectivity index (χ3v) is 4.77. The number of hydrogen-bond donors (Lipinski definition) is 2. The van der Waals surface area contributed by atoms with Crippen LogP contribution in [0, 0.1) is 17.8 Å². The second-order valence-electron chi connectivity index (χ2n) is 6.95. The van der Waals surface area contributed by atoms with E-state index in [1.54, 1.807) is 0 Å². The van der Waals surface area contributed by atoms with Crippen molar-refractivity contribution in [3.05, 3.63) is 12.2 Å². The van der Waals surface area contributed by atoms with Gasteiger partial charge in [0.25, 0.3) is 0 Å². The maximum absolute atomic E-state index is 12.1. The predicted molar refractivity (Wildman–Crippen MR) is 102 cm³/mol. The Kier molecular flexibility index (Phi) is 11.3.